The summed E-state index contributed by atoms with van der Waals surface area (Å²) in [5.41, 5.74) is 2.67. The molecule has 1 aliphatic rings. The standard InChI is InChI=1S/C24H33N3O/c1-17(2)26-24(27-18(3)4)28-21-15-22(25-16-21)23(19-11-7-5-8-12-19)20-13-9-6-10-14-20/h5-14,17-18,21-23,25H,15-16H2,1-4H3,(H,26,27)/t21-,22+/m1/s1. The second-order valence-electron chi connectivity index (χ2n) is 8.12. The van der Waals surface area contributed by atoms with Gasteiger partial charge in [0, 0.05) is 37.0 Å². The van der Waals surface area contributed by atoms with Crippen LogP contribution in [0.2, 0.25) is 0 Å². The lowest BCUT2D eigenvalue weighted by molar-refractivity contribution is 0.191. The quantitative estimate of drug-likeness (QED) is 0.580. The highest BCUT2D eigenvalue weighted by atomic mass is 16.5. The molecule has 3 rings (SSSR count). The highest BCUT2D eigenvalue weighted by Crippen LogP contribution is 2.32. The second kappa shape index (κ2) is 9.74. The van der Waals surface area contributed by atoms with Crippen molar-refractivity contribution in [2.24, 2.45) is 4.99 Å². The Morgan fingerprint density at radius 1 is 0.964 bits per heavy atom. The number of amidine groups is 1. The van der Waals surface area contributed by atoms with Gasteiger partial charge in [-0.15, -0.1) is 0 Å². The van der Waals surface area contributed by atoms with E-state index in [2.05, 4.69) is 104 Å². The third-order valence-corrected chi connectivity index (χ3v) is 4.91. The van der Waals surface area contributed by atoms with E-state index >= 15 is 0 Å². The zero-order valence-corrected chi connectivity index (χ0v) is 17.4. The highest BCUT2D eigenvalue weighted by Gasteiger charge is 2.34. The number of nitrogens with zero attached hydrogens (tertiary/aromatic N) is 1. The van der Waals surface area contributed by atoms with Gasteiger partial charge < -0.3 is 15.4 Å². The van der Waals surface area contributed by atoms with Gasteiger partial charge in [0.1, 0.15) is 6.10 Å². The highest BCUT2D eigenvalue weighted by molar-refractivity contribution is 5.74. The molecular weight excluding hydrogens is 346 g/mol. The predicted octanol–water partition coefficient (Wildman–Crippen LogP) is 4.33. The van der Waals surface area contributed by atoms with Gasteiger partial charge in [-0.2, -0.15) is 0 Å². The van der Waals surface area contributed by atoms with Gasteiger partial charge in [-0.25, -0.2) is 4.99 Å². The molecule has 2 aromatic rings. The van der Waals surface area contributed by atoms with Gasteiger partial charge in [-0.1, -0.05) is 60.7 Å². The van der Waals surface area contributed by atoms with Crippen LogP contribution in [-0.4, -0.2) is 36.8 Å². The minimum absolute atomic E-state index is 0.115. The summed E-state index contributed by atoms with van der Waals surface area (Å²) in [6, 6.07) is 23.0. The molecule has 0 aliphatic carbocycles. The summed E-state index contributed by atoms with van der Waals surface area (Å²) >= 11 is 0. The van der Waals surface area contributed by atoms with Crippen LogP contribution in [0.3, 0.4) is 0 Å². The van der Waals surface area contributed by atoms with Crippen LogP contribution >= 0.6 is 0 Å². The van der Waals surface area contributed by atoms with E-state index in [0.29, 0.717) is 24.0 Å². The lowest BCUT2D eigenvalue weighted by Crippen LogP contribution is -2.36. The van der Waals surface area contributed by atoms with E-state index in [-0.39, 0.29) is 12.1 Å². The fraction of sp³-hybridized carbons (Fsp3) is 0.458. The summed E-state index contributed by atoms with van der Waals surface area (Å²) in [6.45, 7) is 9.19. The first-order valence-electron chi connectivity index (χ1n) is 10.4. The average molecular weight is 380 g/mol. The molecule has 0 saturated carbocycles. The summed E-state index contributed by atoms with van der Waals surface area (Å²) in [4.78, 5) is 4.62. The van der Waals surface area contributed by atoms with E-state index in [1.165, 1.54) is 11.1 Å². The maximum absolute atomic E-state index is 6.26. The first kappa shape index (κ1) is 20.4. The summed E-state index contributed by atoms with van der Waals surface area (Å²) in [5, 5.41) is 7.05. The minimum atomic E-state index is 0.115. The second-order valence-corrected chi connectivity index (χ2v) is 8.12. The molecule has 4 heteroatoms. The van der Waals surface area contributed by atoms with Crippen LogP contribution in [0.15, 0.2) is 65.7 Å². The van der Waals surface area contributed by atoms with Gasteiger partial charge in [0.2, 0.25) is 0 Å². The van der Waals surface area contributed by atoms with Crippen molar-refractivity contribution in [3.8, 4) is 0 Å². The van der Waals surface area contributed by atoms with E-state index in [1.54, 1.807) is 0 Å². The molecule has 2 aromatic carbocycles. The Kier molecular flexibility index (Phi) is 7.10. The van der Waals surface area contributed by atoms with E-state index in [1.807, 2.05) is 0 Å². The van der Waals surface area contributed by atoms with Crippen LogP contribution in [0.25, 0.3) is 0 Å². The summed E-state index contributed by atoms with van der Waals surface area (Å²) in [5.74, 6) is 0.305. The zero-order chi connectivity index (χ0) is 19.9. The normalized spacial score (nSPS) is 20.2. The average Bonchev–Trinajstić information content (AvgIpc) is 3.10. The van der Waals surface area contributed by atoms with Gasteiger partial charge in [0.15, 0.2) is 0 Å². The van der Waals surface area contributed by atoms with Crippen LogP contribution in [-0.2, 0) is 4.74 Å². The Balaban J connectivity index is 1.76. The predicted molar refractivity (Wildman–Crippen MR) is 117 cm³/mol. The van der Waals surface area contributed by atoms with Gasteiger partial charge in [-0.3, -0.25) is 0 Å². The molecule has 2 N–H and O–H groups in total. The third kappa shape index (κ3) is 5.59. The smallest absolute Gasteiger partial charge is 0.285 e. The minimum Gasteiger partial charge on any atom is -0.461 e. The molecule has 0 radical (unpaired) electrons. The Morgan fingerprint density at radius 2 is 1.54 bits per heavy atom. The van der Waals surface area contributed by atoms with Crippen molar-refractivity contribution in [2.75, 3.05) is 6.54 Å². The topological polar surface area (TPSA) is 45.7 Å². The van der Waals surface area contributed by atoms with E-state index in [4.69, 9.17) is 4.74 Å². The van der Waals surface area contributed by atoms with Gasteiger partial charge >= 0.3 is 0 Å². The lowest BCUT2D eigenvalue weighted by Gasteiger charge is -2.25. The summed E-state index contributed by atoms with van der Waals surface area (Å²) in [6.07, 6.45) is 1.06. The van der Waals surface area contributed by atoms with Gasteiger partial charge in [-0.05, 0) is 38.8 Å². The molecule has 0 amide bonds. The van der Waals surface area contributed by atoms with Crippen molar-refractivity contribution in [2.45, 2.75) is 64.3 Å². The third-order valence-electron chi connectivity index (χ3n) is 4.91. The molecule has 0 bridgehead atoms. The van der Waals surface area contributed by atoms with Crippen molar-refractivity contribution in [1.29, 1.82) is 0 Å². The maximum Gasteiger partial charge on any atom is 0.285 e. The van der Waals surface area contributed by atoms with Gasteiger partial charge in [0.25, 0.3) is 6.02 Å². The van der Waals surface area contributed by atoms with Crippen molar-refractivity contribution >= 4 is 6.02 Å². The van der Waals surface area contributed by atoms with E-state index in [9.17, 15) is 0 Å². The monoisotopic (exact) mass is 379 g/mol. The molecule has 4 nitrogen and oxygen atoms in total. The SMILES string of the molecule is CC(C)/N=C(\NC(C)C)O[C@H]1CN[C@H](C(c2ccccc2)c2ccccc2)C1. The number of aliphatic imine (C=N–C) groups is 1. The Morgan fingerprint density at radius 3 is 2.04 bits per heavy atom. The fourth-order valence-corrected chi connectivity index (χ4v) is 3.80. The Bertz CT molecular complexity index is 703. The summed E-state index contributed by atoms with van der Waals surface area (Å²) < 4.78 is 6.26. The molecular formula is C24H33N3O. The Hall–Kier alpha value is -2.33. The lowest BCUT2D eigenvalue weighted by atomic mass is 9.84. The molecule has 0 spiro atoms. The molecule has 1 saturated heterocycles. The molecule has 1 heterocycles. The molecule has 2 atom stereocenters. The van der Waals surface area contributed by atoms with Crippen LogP contribution in [0.5, 0.6) is 0 Å². The van der Waals surface area contributed by atoms with Crippen molar-refractivity contribution in [1.82, 2.24) is 10.6 Å². The fourth-order valence-electron chi connectivity index (χ4n) is 3.80. The molecule has 1 aliphatic heterocycles. The summed E-state index contributed by atoms with van der Waals surface area (Å²) in [7, 11) is 0. The van der Waals surface area contributed by atoms with Crippen LogP contribution < -0.4 is 10.6 Å². The van der Waals surface area contributed by atoms with Crippen molar-refractivity contribution < 1.29 is 4.74 Å². The number of rotatable bonds is 6. The number of benzene rings is 2. The van der Waals surface area contributed by atoms with E-state index < -0.39 is 0 Å². The first-order chi connectivity index (χ1) is 13.5. The van der Waals surface area contributed by atoms with Crippen molar-refractivity contribution in [3.05, 3.63) is 71.8 Å². The number of ether oxygens (including phenoxy) is 1. The van der Waals surface area contributed by atoms with Crippen molar-refractivity contribution in [3.63, 3.8) is 0 Å². The molecule has 0 aromatic heterocycles. The molecule has 1 fully saturated rings. The zero-order valence-electron chi connectivity index (χ0n) is 17.4. The Labute approximate surface area is 169 Å². The van der Waals surface area contributed by atoms with Crippen LogP contribution in [0, 0.1) is 0 Å². The van der Waals surface area contributed by atoms with E-state index in [0.717, 1.165) is 13.0 Å². The number of hydrogen-bond acceptors (Lipinski definition) is 3. The maximum atomic E-state index is 6.26. The van der Waals surface area contributed by atoms with Gasteiger partial charge in [0.05, 0.1) is 0 Å². The largest absolute Gasteiger partial charge is 0.461 e. The molecule has 150 valence electrons. The molecule has 0 unspecified atom stereocenters. The van der Waals surface area contributed by atoms with Crippen LogP contribution in [0.4, 0.5) is 0 Å². The van der Waals surface area contributed by atoms with Crippen LogP contribution in [0.1, 0.15) is 51.2 Å². The molecule has 28 heavy (non-hydrogen) atoms. The first-order valence-corrected chi connectivity index (χ1v) is 10.4. The number of hydrogen-bond donors (Lipinski definition) is 2. The number of nitrogens with one attached hydrogen (secondary N) is 2.